The summed E-state index contributed by atoms with van der Waals surface area (Å²) in [6, 6.07) is 9.62. The van der Waals surface area contributed by atoms with E-state index >= 15 is 0 Å². The summed E-state index contributed by atoms with van der Waals surface area (Å²) < 4.78 is 0. The summed E-state index contributed by atoms with van der Waals surface area (Å²) >= 11 is 0. The van der Waals surface area contributed by atoms with Gasteiger partial charge in [0, 0.05) is 12.0 Å². The summed E-state index contributed by atoms with van der Waals surface area (Å²) in [5, 5.41) is 7.31. The first-order valence-electron chi connectivity index (χ1n) is 7.99. The van der Waals surface area contributed by atoms with Crippen LogP contribution in [0, 0.1) is 6.92 Å². The molecule has 0 amide bonds. The van der Waals surface area contributed by atoms with E-state index in [2.05, 4.69) is 44.3 Å². The van der Waals surface area contributed by atoms with Crippen LogP contribution in [0.5, 0.6) is 0 Å². The Morgan fingerprint density at radius 1 is 1.10 bits per heavy atom. The molecule has 1 aliphatic carbocycles. The topological polar surface area (TPSA) is 44.8 Å². The Morgan fingerprint density at radius 3 is 2.33 bits per heavy atom. The minimum atomic E-state index is 0.537. The molecule has 1 fully saturated rings. The molecule has 2 aromatic rings. The Morgan fingerprint density at radius 2 is 1.76 bits per heavy atom. The monoisotopic (exact) mass is 282 g/mol. The van der Waals surface area contributed by atoms with Crippen molar-refractivity contribution in [3.8, 4) is 0 Å². The van der Waals surface area contributed by atoms with E-state index in [1.165, 1.54) is 38.8 Å². The number of piperidine rings is 1. The first-order chi connectivity index (χ1) is 10.3. The van der Waals surface area contributed by atoms with E-state index in [-0.39, 0.29) is 0 Å². The molecular weight excluding hydrogens is 260 g/mol. The number of aryl methyl sites for hydroxylation is 1. The molecule has 110 valence electrons. The molecule has 0 atom stereocenters. The molecule has 1 aliphatic heterocycles. The highest BCUT2D eigenvalue weighted by molar-refractivity contribution is 5.33. The zero-order valence-electron chi connectivity index (χ0n) is 12.5. The Hall–Kier alpha value is -1.68. The van der Waals surface area contributed by atoms with Crippen LogP contribution in [0.1, 0.15) is 41.5 Å². The number of fused-ring (bicyclic) bond motifs is 1. The van der Waals surface area contributed by atoms with E-state index < -0.39 is 0 Å². The van der Waals surface area contributed by atoms with Gasteiger partial charge in [-0.2, -0.15) is 5.10 Å². The molecule has 0 radical (unpaired) electrons. The van der Waals surface area contributed by atoms with E-state index in [0.717, 1.165) is 11.6 Å². The number of rotatable bonds is 2. The number of nitrogens with one attached hydrogen (secondary N) is 1. The fourth-order valence-corrected chi connectivity index (χ4v) is 3.86. The van der Waals surface area contributed by atoms with Gasteiger partial charge in [0.05, 0.1) is 0 Å². The summed E-state index contributed by atoms with van der Waals surface area (Å²) in [7, 11) is 0. The third-order valence-corrected chi connectivity index (χ3v) is 5.06. The zero-order chi connectivity index (χ0) is 14.2. The predicted octanol–water partition coefficient (Wildman–Crippen LogP) is 2.46. The normalized spacial score (nSPS) is 20.8. The summed E-state index contributed by atoms with van der Waals surface area (Å²) in [4.78, 5) is 7.18. The third-order valence-electron chi connectivity index (χ3n) is 5.06. The van der Waals surface area contributed by atoms with Gasteiger partial charge in [-0.25, -0.2) is 4.98 Å². The second-order valence-electron chi connectivity index (χ2n) is 6.42. The minimum absolute atomic E-state index is 0.537. The number of aromatic nitrogens is 3. The van der Waals surface area contributed by atoms with Gasteiger partial charge in [0.25, 0.3) is 0 Å². The molecule has 1 aromatic carbocycles. The van der Waals surface area contributed by atoms with Crippen molar-refractivity contribution in [2.75, 3.05) is 13.1 Å². The van der Waals surface area contributed by atoms with Gasteiger partial charge in [0.15, 0.2) is 5.82 Å². The highest BCUT2D eigenvalue weighted by atomic mass is 15.2. The first kappa shape index (κ1) is 13.0. The number of benzene rings is 1. The first-order valence-corrected chi connectivity index (χ1v) is 7.99. The lowest BCUT2D eigenvalue weighted by atomic mass is 9.94. The summed E-state index contributed by atoms with van der Waals surface area (Å²) in [6.45, 7) is 4.33. The molecule has 1 aromatic heterocycles. The molecule has 4 nitrogen and oxygen atoms in total. The van der Waals surface area contributed by atoms with Crippen molar-refractivity contribution in [2.45, 2.75) is 44.6 Å². The van der Waals surface area contributed by atoms with Gasteiger partial charge in [0.2, 0.25) is 0 Å². The number of hydrogen-bond donors (Lipinski definition) is 1. The largest absolute Gasteiger partial charge is 0.300 e. The molecule has 0 unspecified atom stereocenters. The van der Waals surface area contributed by atoms with Crippen molar-refractivity contribution < 1.29 is 0 Å². The lowest BCUT2D eigenvalue weighted by Crippen LogP contribution is -2.41. The number of H-pyrrole nitrogens is 1. The molecule has 2 heterocycles. The van der Waals surface area contributed by atoms with Gasteiger partial charge < -0.3 is 0 Å². The van der Waals surface area contributed by atoms with E-state index in [1.54, 1.807) is 11.1 Å². The minimum Gasteiger partial charge on any atom is -0.300 e. The van der Waals surface area contributed by atoms with E-state index in [9.17, 15) is 0 Å². The van der Waals surface area contributed by atoms with Crippen LogP contribution in [-0.4, -0.2) is 39.2 Å². The van der Waals surface area contributed by atoms with E-state index in [1.807, 2.05) is 6.92 Å². The molecule has 0 bridgehead atoms. The van der Waals surface area contributed by atoms with E-state index in [4.69, 9.17) is 0 Å². The second kappa shape index (κ2) is 5.26. The molecular formula is C17H22N4. The number of likely N-dealkylation sites (tertiary alicyclic amines) is 1. The maximum Gasteiger partial charge on any atom is 0.153 e. The average molecular weight is 282 g/mol. The number of nitrogens with zero attached hydrogens (tertiary/aromatic N) is 3. The SMILES string of the molecule is Cc1nc(C2CCN(C3Cc4ccccc4C3)CC2)n[nH]1. The molecule has 2 aliphatic rings. The maximum absolute atomic E-state index is 4.50. The van der Waals surface area contributed by atoms with Crippen molar-refractivity contribution in [3.05, 3.63) is 47.0 Å². The second-order valence-corrected chi connectivity index (χ2v) is 6.42. The Kier molecular flexibility index (Phi) is 3.26. The molecule has 4 rings (SSSR count). The zero-order valence-corrected chi connectivity index (χ0v) is 12.5. The highest BCUT2D eigenvalue weighted by Crippen LogP contribution is 2.31. The fraction of sp³-hybridized carbons (Fsp3) is 0.529. The smallest absolute Gasteiger partial charge is 0.153 e. The summed E-state index contributed by atoms with van der Waals surface area (Å²) in [6.07, 6.45) is 4.81. The Balaban J connectivity index is 1.38. The van der Waals surface area contributed by atoms with Crippen molar-refractivity contribution in [1.29, 1.82) is 0 Å². The van der Waals surface area contributed by atoms with Crippen LogP contribution in [0.4, 0.5) is 0 Å². The molecule has 0 spiro atoms. The molecule has 1 saturated heterocycles. The van der Waals surface area contributed by atoms with Crippen LogP contribution in [0.2, 0.25) is 0 Å². The molecule has 1 N–H and O–H groups in total. The van der Waals surface area contributed by atoms with Crippen LogP contribution in [0.3, 0.4) is 0 Å². The van der Waals surface area contributed by atoms with Crippen LogP contribution in [0.15, 0.2) is 24.3 Å². The lowest BCUT2D eigenvalue weighted by Gasteiger charge is -2.35. The van der Waals surface area contributed by atoms with Gasteiger partial charge in [-0.1, -0.05) is 24.3 Å². The van der Waals surface area contributed by atoms with Crippen molar-refractivity contribution in [1.82, 2.24) is 20.1 Å². The van der Waals surface area contributed by atoms with Crippen molar-refractivity contribution in [2.24, 2.45) is 0 Å². The fourth-order valence-electron chi connectivity index (χ4n) is 3.86. The Labute approximate surface area is 125 Å². The van der Waals surface area contributed by atoms with Gasteiger partial charge in [-0.05, 0) is 56.8 Å². The van der Waals surface area contributed by atoms with Gasteiger partial charge >= 0.3 is 0 Å². The number of hydrogen-bond acceptors (Lipinski definition) is 3. The van der Waals surface area contributed by atoms with Gasteiger partial charge in [0.1, 0.15) is 5.82 Å². The molecule has 4 heteroatoms. The standard InChI is InChI=1S/C17H22N4/c1-12-18-17(20-19-12)13-6-8-21(9-7-13)16-10-14-4-2-3-5-15(14)11-16/h2-5,13,16H,6-11H2,1H3,(H,18,19,20). The van der Waals surface area contributed by atoms with Crippen molar-refractivity contribution >= 4 is 0 Å². The number of aromatic amines is 1. The quantitative estimate of drug-likeness (QED) is 0.920. The summed E-state index contributed by atoms with van der Waals surface area (Å²) in [5.74, 6) is 2.48. The van der Waals surface area contributed by atoms with Crippen LogP contribution >= 0.6 is 0 Å². The lowest BCUT2D eigenvalue weighted by molar-refractivity contribution is 0.154. The average Bonchev–Trinajstić information content (AvgIpc) is 3.13. The van der Waals surface area contributed by atoms with Crippen LogP contribution < -0.4 is 0 Å². The molecule has 0 saturated carbocycles. The van der Waals surface area contributed by atoms with E-state index in [0.29, 0.717) is 12.0 Å². The molecule has 21 heavy (non-hydrogen) atoms. The van der Waals surface area contributed by atoms with Gasteiger partial charge in [-0.3, -0.25) is 10.00 Å². The predicted molar refractivity (Wildman–Crippen MR) is 82.3 cm³/mol. The Bertz CT molecular complexity index is 600. The van der Waals surface area contributed by atoms with Gasteiger partial charge in [-0.15, -0.1) is 0 Å². The highest BCUT2D eigenvalue weighted by Gasteiger charge is 2.31. The van der Waals surface area contributed by atoms with Crippen LogP contribution in [-0.2, 0) is 12.8 Å². The third kappa shape index (κ3) is 2.48. The summed E-state index contributed by atoms with van der Waals surface area (Å²) in [5.41, 5.74) is 3.10. The van der Waals surface area contributed by atoms with Crippen molar-refractivity contribution in [3.63, 3.8) is 0 Å². The maximum atomic E-state index is 4.50. The van der Waals surface area contributed by atoms with Crippen LogP contribution in [0.25, 0.3) is 0 Å².